The summed E-state index contributed by atoms with van der Waals surface area (Å²) >= 11 is 0. The molecular weight excluding hydrogens is 300 g/mol. The van der Waals surface area contributed by atoms with Crippen molar-refractivity contribution in [1.82, 2.24) is 0 Å². The normalized spacial score (nSPS) is 19.2. The Morgan fingerprint density at radius 1 is 1.21 bits per heavy atom. The summed E-state index contributed by atoms with van der Waals surface area (Å²) in [5, 5.41) is 0. The molecular formula is C21H27O3. The Balaban J connectivity index is 2.75. The fraction of sp³-hybridized carbons (Fsp3) is 0.429. The Hall–Kier alpha value is -2.16. The molecule has 0 spiro atoms. The van der Waals surface area contributed by atoms with Gasteiger partial charge in [-0.3, -0.25) is 0 Å². The second-order valence-corrected chi connectivity index (χ2v) is 6.93. The van der Waals surface area contributed by atoms with E-state index in [0.29, 0.717) is 5.57 Å². The topological polar surface area (TPSA) is 43.4 Å². The minimum absolute atomic E-state index is 0.240. The molecule has 1 rings (SSSR count). The molecule has 0 aromatic carbocycles. The molecule has 129 valence electrons. The minimum atomic E-state index is -0.713. The summed E-state index contributed by atoms with van der Waals surface area (Å²) in [6.07, 6.45) is 14.9. The zero-order valence-corrected chi connectivity index (χ0v) is 15.3. The fourth-order valence-corrected chi connectivity index (χ4v) is 2.94. The average molecular weight is 327 g/mol. The first-order chi connectivity index (χ1) is 11.3. The summed E-state index contributed by atoms with van der Waals surface area (Å²) in [6, 6.07) is 0. The van der Waals surface area contributed by atoms with Crippen molar-refractivity contribution in [2.75, 3.05) is 0 Å². The largest absolute Gasteiger partial charge is 0.425 e. The van der Waals surface area contributed by atoms with Crippen LogP contribution in [0.25, 0.3) is 0 Å². The van der Waals surface area contributed by atoms with Gasteiger partial charge in [0.25, 0.3) is 0 Å². The molecule has 1 radical (unpaired) electrons. The van der Waals surface area contributed by atoms with Gasteiger partial charge in [-0.05, 0) is 56.6 Å². The predicted octanol–water partition coefficient (Wildman–Crippen LogP) is 5.13. The highest BCUT2D eigenvalue weighted by Crippen LogP contribution is 2.40. The molecule has 0 saturated heterocycles. The van der Waals surface area contributed by atoms with Crippen LogP contribution in [0.5, 0.6) is 0 Å². The lowest BCUT2D eigenvalue weighted by Crippen LogP contribution is -2.19. The number of allylic oxidation sites excluding steroid dienone is 9. The summed E-state index contributed by atoms with van der Waals surface area (Å²) in [5.41, 5.74) is 4.99. The molecule has 0 heterocycles. The van der Waals surface area contributed by atoms with Crippen LogP contribution >= 0.6 is 0 Å². The number of carbonyl (C=O) groups is 1. The molecule has 1 aliphatic carbocycles. The van der Waals surface area contributed by atoms with Crippen molar-refractivity contribution in [3.63, 3.8) is 0 Å². The number of rotatable bonds is 6. The molecule has 0 aliphatic heterocycles. The van der Waals surface area contributed by atoms with Crippen LogP contribution in [-0.4, -0.2) is 12.4 Å². The third-order valence-corrected chi connectivity index (χ3v) is 4.26. The van der Waals surface area contributed by atoms with Gasteiger partial charge in [-0.25, -0.2) is 9.59 Å². The van der Waals surface area contributed by atoms with Gasteiger partial charge in [-0.1, -0.05) is 55.4 Å². The quantitative estimate of drug-likeness (QED) is 0.294. The van der Waals surface area contributed by atoms with Gasteiger partial charge in [0.1, 0.15) is 0 Å². The van der Waals surface area contributed by atoms with Crippen LogP contribution in [0.3, 0.4) is 0 Å². The molecule has 3 heteroatoms. The van der Waals surface area contributed by atoms with E-state index in [-0.39, 0.29) is 5.41 Å². The van der Waals surface area contributed by atoms with Crippen LogP contribution in [0, 0.1) is 5.41 Å². The standard InChI is InChI=1S/C21H27O3/c1-16(8-6-9-17(2)14-20(23)24-15-22)11-12-19-18(3)10-7-13-21(19,4)5/h6,8-9,11-12,14H,7,10,13H2,1-5H3/b9-6+,12-11+,16-8+,17-14+. The Kier molecular flexibility index (Phi) is 7.63. The van der Waals surface area contributed by atoms with Gasteiger partial charge in [0.15, 0.2) is 0 Å². The highest BCUT2D eigenvalue weighted by molar-refractivity contribution is 5.87. The number of ether oxygens (including phenoxy) is 1. The van der Waals surface area contributed by atoms with Crippen LogP contribution in [0.4, 0.5) is 0 Å². The summed E-state index contributed by atoms with van der Waals surface area (Å²) in [5.74, 6) is -0.713. The third kappa shape index (κ3) is 6.53. The van der Waals surface area contributed by atoms with Crippen molar-refractivity contribution in [1.29, 1.82) is 0 Å². The molecule has 0 N–H and O–H groups in total. The highest BCUT2D eigenvalue weighted by atomic mass is 16.6. The van der Waals surface area contributed by atoms with Gasteiger partial charge >= 0.3 is 12.4 Å². The van der Waals surface area contributed by atoms with Crippen molar-refractivity contribution in [2.24, 2.45) is 5.41 Å². The monoisotopic (exact) mass is 327 g/mol. The lowest BCUT2D eigenvalue weighted by Gasteiger charge is -2.32. The third-order valence-electron chi connectivity index (χ3n) is 4.26. The van der Waals surface area contributed by atoms with Crippen LogP contribution in [0.15, 0.2) is 58.7 Å². The molecule has 0 atom stereocenters. The summed E-state index contributed by atoms with van der Waals surface area (Å²) in [6.45, 7) is 11.8. The predicted molar refractivity (Wildman–Crippen MR) is 97.9 cm³/mol. The molecule has 0 fully saturated rings. The zero-order valence-electron chi connectivity index (χ0n) is 15.3. The first-order valence-electron chi connectivity index (χ1n) is 8.26. The molecule has 3 nitrogen and oxygen atoms in total. The molecule has 0 amide bonds. The lowest BCUT2D eigenvalue weighted by atomic mass is 9.72. The smallest absolute Gasteiger partial charge is 0.381 e. The van der Waals surface area contributed by atoms with Crippen LogP contribution in [0.1, 0.15) is 53.9 Å². The van der Waals surface area contributed by atoms with Gasteiger partial charge in [0.2, 0.25) is 0 Å². The molecule has 0 saturated carbocycles. The maximum Gasteiger partial charge on any atom is 0.425 e. The first kappa shape index (κ1) is 19.9. The van der Waals surface area contributed by atoms with E-state index in [2.05, 4.69) is 37.7 Å². The molecule has 24 heavy (non-hydrogen) atoms. The average Bonchev–Trinajstić information content (AvgIpc) is 2.46. The second-order valence-electron chi connectivity index (χ2n) is 6.93. The van der Waals surface area contributed by atoms with Gasteiger partial charge in [-0.15, -0.1) is 0 Å². The highest BCUT2D eigenvalue weighted by Gasteiger charge is 2.26. The van der Waals surface area contributed by atoms with Crippen LogP contribution in [0.2, 0.25) is 0 Å². The Bertz CT molecular complexity index is 625. The van der Waals surface area contributed by atoms with Crippen molar-refractivity contribution in [3.8, 4) is 0 Å². The summed E-state index contributed by atoms with van der Waals surface area (Å²) in [7, 11) is 0. The van der Waals surface area contributed by atoms with E-state index in [0.717, 1.165) is 12.0 Å². The van der Waals surface area contributed by atoms with E-state index in [1.807, 2.05) is 19.1 Å². The van der Waals surface area contributed by atoms with Gasteiger partial charge < -0.3 is 4.74 Å². The Morgan fingerprint density at radius 3 is 2.54 bits per heavy atom. The second kappa shape index (κ2) is 9.21. The van der Waals surface area contributed by atoms with Crippen molar-refractivity contribution in [3.05, 3.63) is 58.7 Å². The van der Waals surface area contributed by atoms with Gasteiger partial charge in [0.05, 0.1) is 0 Å². The van der Waals surface area contributed by atoms with Crippen LogP contribution in [-0.2, 0) is 14.3 Å². The van der Waals surface area contributed by atoms with E-state index in [4.69, 9.17) is 0 Å². The summed E-state index contributed by atoms with van der Waals surface area (Å²) < 4.78 is 4.09. The number of hydrogen-bond donors (Lipinski definition) is 0. The number of hydrogen-bond acceptors (Lipinski definition) is 3. The molecule has 1 aliphatic rings. The Morgan fingerprint density at radius 2 is 1.92 bits per heavy atom. The SMILES string of the molecule is CC1=C(/C=C/C(C)=C/C=C/C(C)=C/C(=O)O[C]=O)C(C)(C)CCC1. The van der Waals surface area contributed by atoms with E-state index in [9.17, 15) is 9.59 Å². The first-order valence-corrected chi connectivity index (χ1v) is 8.26. The number of esters is 1. The zero-order chi connectivity index (χ0) is 18.2. The molecule has 0 unspecified atom stereocenters. The van der Waals surface area contributed by atoms with E-state index in [1.165, 1.54) is 36.5 Å². The van der Waals surface area contributed by atoms with Crippen LogP contribution < -0.4 is 0 Å². The Labute approximate surface area is 145 Å². The van der Waals surface area contributed by atoms with E-state index < -0.39 is 5.97 Å². The molecule has 0 aromatic heterocycles. The fourth-order valence-electron chi connectivity index (χ4n) is 2.94. The van der Waals surface area contributed by atoms with Gasteiger partial charge in [0, 0.05) is 6.08 Å². The maximum atomic E-state index is 11.1. The van der Waals surface area contributed by atoms with Gasteiger partial charge in [-0.2, -0.15) is 0 Å². The van der Waals surface area contributed by atoms with Crippen molar-refractivity contribution >= 4 is 12.4 Å². The van der Waals surface area contributed by atoms with E-state index >= 15 is 0 Å². The van der Waals surface area contributed by atoms with Crippen molar-refractivity contribution in [2.45, 2.75) is 53.9 Å². The lowest BCUT2D eigenvalue weighted by molar-refractivity contribution is -0.130. The molecule has 0 bridgehead atoms. The minimum Gasteiger partial charge on any atom is -0.381 e. The summed E-state index contributed by atoms with van der Waals surface area (Å²) in [4.78, 5) is 21.0. The van der Waals surface area contributed by atoms with E-state index in [1.54, 1.807) is 13.0 Å². The number of carbonyl (C=O) groups excluding carboxylic acids is 2. The molecule has 0 aromatic rings. The maximum absolute atomic E-state index is 11.1. The van der Waals surface area contributed by atoms with Crippen molar-refractivity contribution < 1.29 is 14.3 Å².